The molecule has 2 aromatic carbocycles. The van der Waals surface area contributed by atoms with E-state index in [1.54, 1.807) is 7.11 Å². The fourth-order valence-corrected chi connectivity index (χ4v) is 4.91. The van der Waals surface area contributed by atoms with Crippen LogP contribution in [-0.2, 0) is 27.3 Å². The fraction of sp³-hybridized carbons (Fsp3) is 0.385. The average molecular weight is 448 g/mol. The standard InChI is InChI=1S/C26H29N3O4/c1-32-22-9-5-4-8-21(22)23-24(28-11-10-19-6-2-3-7-20(19)18-28)26(31)29(25(23)30)13-12-27-14-16-33-17-15-27/h2-9H,10-18H2,1H3. The van der Waals surface area contributed by atoms with Crippen molar-refractivity contribution in [2.75, 3.05) is 53.0 Å². The Labute approximate surface area is 194 Å². The molecule has 7 heteroatoms. The van der Waals surface area contributed by atoms with Crippen molar-refractivity contribution in [3.63, 3.8) is 0 Å². The van der Waals surface area contributed by atoms with Gasteiger partial charge in [-0.05, 0) is 23.6 Å². The maximum Gasteiger partial charge on any atom is 0.277 e. The molecule has 3 heterocycles. The maximum absolute atomic E-state index is 13.7. The highest BCUT2D eigenvalue weighted by Crippen LogP contribution is 2.37. The lowest BCUT2D eigenvalue weighted by atomic mass is 9.97. The molecule has 1 saturated heterocycles. The third-order valence-corrected chi connectivity index (χ3v) is 6.71. The summed E-state index contributed by atoms with van der Waals surface area (Å²) < 4.78 is 11.0. The second-order valence-electron chi connectivity index (χ2n) is 8.58. The Kier molecular flexibility index (Phi) is 6.15. The van der Waals surface area contributed by atoms with E-state index in [0.717, 1.165) is 19.5 Å². The first-order valence-corrected chi connectivity index (χ1v) is 11.5. The number of benzene rings is 2. The number of carbonyl (C=O) groups excluding carboxylic acids is 2. The van der Waals surface area contributed by atoms with Crippen LogP contribution in [0.5, 0.6) is 5.75 Å². The predicted molar refractivity (Wildman–Crippen MR) is 124 cm³/mol. The number of para-hydroxylation sites is 1. The lowest BCUT2D eigenvalue weighted by Crippen LogP contribution is -2.44. The van der Waals surface area contributed by atoms with Gasteiger partial charge in [-0.15, -0.1) is 0 Å². The molecule has 172 valence electrons. The SMILES string of the molecule is COc1ccccc1C1=C(N2CCc3ccccc3C2)C(=O)N(CCN2CCOCC2)C1=O. The van der Waals surface area contributed by atoms with E-state index >= 15 is 0 Å². The fourth-order valence-electron chi connectivity index (χ4n) is 4.91. The number of ether oxygens (including phenoxy) is 2. The summed E-state index contributed by atoms with van der Waals surface area (Å²) in [6, 6.07) is 15.8. The number of amides is 2. The normalized spacial score (nSPS) is 19.3. The van der Waals surface area contributed by atoms with Crippen LogP contribution in [0.3, 0.4) is 0 Å². The quantitative estimate of drug-likeness (QED) is 0.633. The molecule has 2 aromatic rings. The Bertz CT molecular complexity index is 1090. The summed E-state index contributed by atoms with van der Waals surface area (Å²) in [4.78, 5) is 33.1. The molecule has 0 unspecified atom stereocenters. The zero-order valence-electron chi connectivity index (χ0n) is 19.0. The van der Waals surface area contributed by atoms with Gasteiger partial charge in [-0.1, -0.05) is 42.5 Å². The first-order valence-electron chi connectivity index (χ1n) is 11.5. The molecule has 0 radical (unpaired) electrons. The van der Waals surface area contributed by atoms with Gasteiger partial charge in [0.2, 0.25) is 0 Å². The van der Waals surface area contributed by atoms with Crippen LogP contribution in [0.4, 0.5) is 0 Å². The van der Waals surface area contributed by atoms with Crippen molar-refractivity contribution in [2.24, 2.45) is 0 Å². The molecule has 1 fully saturated rings. The number of carbonyl (C=O) groups is 2. The molecule has 0 spiro atoms. The minimum Gasteiger partial charge on any atom is -0.496 e. The maximum atomic E-state index is 13.7. The van der Waals surface area contributed by atoms with E-state index in [0.29, 0.717) is 62.0 Å². The third-order valence-electron chi connectivity index (χ3n) is 6.71. The Morgan fingerprint density at radius 2 is 1.61 bits per heavy atom. The molecule has 0 saturated carbocycles. The lowest BCUT2D eigenvalue weighted by molar-refractivity contribution is -0.138. The third kappa shape index (κ3) is 4.14. The highest BCUT2D eigenvalue weighted by Gasteiger charge is 2.43. The molecule has 0 N–H and O–H groups in total. The van der Waals surface area contributed by atoms with Crippen LogP contribution in [0.2, 0.25) is 0 Å². The van der Waals surface area contributed by atoms with Crippen LogP contribution in [0, 0.1) is 0 Å². The van der Waals surface area contributed by atoms with Crippen LogP contribution >= 0.6 is 0 Å². The molecule has 0 atom stereocenters. The molecule has 3 aliphatic heterocycles. The molecule has 7 nitrogen and oxygen atoms in total. The van der Waals surface area contributed by atoms with E-state index in [1.165, 1.54) is 16.0 Å². The van der Waals surface area contributed by atoms with Gasteiger partial charge < -0.3 is 14.4 Å². The van der Waals surface area contributed by atoms with Crippen molar-refractivity contribution < 1.29 is 19.1 Å². The Morgan fingerprint density at radius 1 is 0.879 bits per heavy atom. The van der Waals surface area contributed by atoms with E-state index in [9.17, 15) is 9.59 Å². The van der Waals surface area contributed by atoms with E-state index in [2.05, 4.69) is 21.9 Å². The largest absolute Gasteiger partial charge is 0.496 e. The Morgan fingerprint density at radius 3 is 2.39 bits per heavy atom. The second-order valence-corrected chi connectivity index (χ2v) is 8.58. The van der Waals surface area contributed by atoms with Gasteiger partial charge in [-0.3, -0.25) is 19.4 Å². The molecular weight excluding hydrogens is 418 g/mol. The number of imide groups is 1. The van der Waals surface area contributed by atoms with Gasteiger partial charge in [0.25, 0.3) is 11.8 Å². The number of rotatable bonds is 6. The van der Waals surface area contributed by atoms with Crippen LogP contribution in [0.25, 0.3) is 5.57 Å². The van der Waals surface area contributed by atoms with Crippen molar-refractivity contribution in [3.8, 4) is 5.75 Å². The van der Waals surface area contributed by atoms with Gasteiger partial charge in [0, 0.05) is 44.8 Å². The Balaban J connectivity index is 1.49. The van der Waals surface area contributed by atoms with E-state index in [-0.39, 0.29) is 11.8 Å². The Hall–Kier alpha value is -3.16. The first kappa shape index (κ1) is 21.7. The average Bonchev–Trinajstić information content (AvgIpc) is 3.12. The summed E-state index contributed by atoms with van der Waals surface area (Å²) >= 11 is 0. The summed E-state index contributed by atoms with van der Waals surface area (Å²) in [6.45, 7) is 5.33. The molecule has 0 bridgehead atoms. The smallest absolute Gasteiger partial charge is 0.277 e. The minimum absolute atomic E-state index is 0.214. The first-order chi connectivity index (χ1) is 16.2. The molecule has 2 amide bonds. The second kappa shape index (κ2) is 9.37. The summed E-state index contributed by atoms with van der Waals surface area (Å²) in [6.07, 6.45) is 0.841. The monoisotopic (exact) mass is 447 g/mol. The molecule has 0 aromatic heterocycles. The van der Waals surface area contributed by atoms with Crippen LogP contribution in [0.15, 0.2) is 54.2 Å². The highest BCUT2D eigenvalue weighted by molar-refractivity contribution is 6.36. The van der Waals surface area contributed by atoms with Crippen LogP contribution < -0.4 is 4.74 Å². The number of morpholine rings is 1. The summed E-state index contributed by atoms with van der Waals surface area (Å²) in [5, 5.41) is 0. The van der Waals surface area contributed by atoms with Crippen molar-refractivity contribution in [3.05, 3.63) is 70.9 Å². The zero-order chi connectivity index (χ0) is 22.8. The van der Waals surface area contributed by atoms with Crippen molar-refractivity contribution >= 4 is 17.4 Å². The van der Waals surface area contributed by atoms with Crippen molar-refractivity contribution in [2.45, 2.75) is 13.0 Å². The van der Waals surface area contributed by atoms with Gasteiger partial charge in [0.05, 0.1) is 25.9 Å². The number of methoxy groups -OCH3 is 1. The number of hydrogen-bond donors (Lipinski definition) is 0. The zero-order valence-corrected chi connectivity index (χ0v) is 19.0. The molecule has 5 rings (SSSR count). The molecule has 0 aliphatic carbocycles. The predicted octanol–water partition coefficient (Wildman–Crippen LogP) is 2.17. The molecular formula is C26H29N3O4. The lowest BCUT2D eigenvalue weighted by Gasteiger charge is -2.32. The van der Waals surface area contributed by atoms with E-state index in [1.807, 2.05) is 36.4 Å². The minimum atomic E-state index is -0.244. The summed E-state index contributed by atoms with van der Waals surface area (Å²) in [5.74, 6) is 0.138. The van der Waals surface area contributed by atoms with E-state index < -0.39 is 0 Å². The van der Waals surface area contributed by atoms with Crippen LogP contribution in [-0.4, -0.2) is 79.6 Å². The van der Waals surface area contributed by atoms with Crippen LogP contribution in [0.1, 0.15) is 16.7 Å². The van der Waals surface area contributed by atoms with Crippen molar-refractivity contribution in [1.82, 2.24) is 14.7 Å². The molecule has 33 heavy (non-hydrogen) atoms. The van der Waals surface area contributed by atoms with Crippen molar-refractivity contribution in [1.29, 1.82) is 0 Å². The van der Waals surface area contributed by atoms with Gasteiger partial charge in [-0.25, -0.2) is 0 Å². The van der Waals surface area contributed by atoms with E-state index in [4.69, 9.17) is 9.47 Å². The van der Waals surface area contributed by atoms with Gasteiger partial charge in [-0.2, -0.15) is 0 Å². The number of nitrogens with zero attached hydrogens (tertiary/aromatic N) is 3. The highest BCUT2D eigenvalue weighted by atomic mass is 16.5. The van der Waals surface area contributed by atoms with Gasteiger partial charge in [0.1, 0.15) is 11.4 Å². The number of fused-ring (bicyclic) bond motifs is 1. The number of hydrogen-bond acceptors (Lipinski definition) is 6. The molecule has 3 aliphatic rings. The summed E-state index contributed by atoms with van der Waals surface area (Å²) in [5.41, 5.74) is 4.10. The van der Waals surface area contributed by atoms with Gasteiger partial charge >= 0.3 is 0 Å². The van der Waals surface area contributed by atoms with Gasteiger partial charge in [0.15, 0.2) is 0 Å². The topological polar surface area (TPSA) is 62.3 Å². The summed E-state index contributed by atoms with van der Waals surface area (Å²) in [7, 11) is 1.59.